The molecule has 7 nitrogen and oxygen atoms in total. The Morgan fingerprint density at radius 1 is 1.26 bits per heavy atom. The third-order valence-corrected chi connectivity index (χ3v) is 7.48. The third-order valence-electron chi connectivity index (χ3n) is 7.48. The molecule has 1 saturated heterocycles. The maximum absolute atomic E-state index is 12.6. The Balaban J connectivity index is 1.54. The fourth-order valence-corrected chi connectivity index (χ4v) is 5.69. The average molecular weight is 524 g/mol. The number of carbonyl (C=O) groups is 1. The Labute approximate surface area is 230 Å². The Hall–Kier alpha value is -4.05. The predicted octanol–water partition coefficient (Wildman–Crippen LogP) is 6.75. The van der Waals surface area contributed by atoms with Crippen molar-refractivity contribution in [1.82, 2.24) is 14.7 Å². The van der Waals surface area contributed by atoms with Crippen molar-refractivity contribution in [1.29, 1.82) is 5.26 Å². The molecule has 0 saturated carbocycles. The monoisotopic (exact) mass is 523 g/mol. The molecule has 1 N–H and O–H groups in total. The van der Waals surface area contributed by atoms with Gasteiger partial charge in [0.25, 0.3) is 0 Å². The van der Waals surface area contributed by atoms with Crippen LogP contribution < -0.4 is 10.2 Å². The van der Waals surface area contributed by atoms with Crippen LogP contribution >= 0.6 is 0 Å². The number of anilines is 1. The van der Waals surface area contributed by atoms with Crippen molar-refractivity contribution in [2.75, 3.05) is 18.0 Å². The summed E-state index contributed by atoms with van der Waals surface area (Å²) in [5, 5.41) is 12.4. The Morgan fingerprint density at radius 3 is 2.69 bits per heavy atom. The average Bonchev–Trinajstić information content (AvgIpc) is 3.27. The molecule has 202 valence electrons. The van der Waals surface area contributed by atoms with Gasteiger partial charge in [0.15, 0.2) is 5.82 Å². The van der Waals surface area contributed by atoms with Crippen LogP contribution in [0.2, 0.25) is 0 Å². The van der Waals surface area contributed by atoms with E-state index >= 15 is 0 Å². The molecular formula is C32H37N5O2. The minimum atomic E-state index is -0.548. The largest absolute Gasteiger partial charge is 0.444 e. The van der Waals surface area contributed by atoms with Gasteiger partial charge in [-0.2, -0.15) is 5.26 Å². The number of nitrogens with one attached hydrogen (secondary N) is 1. The molecule has 2 atom stereocenters. The van der Waals surface area contributed by atoms with Crippen LogP contribution in [0.25, 0.3) is 16.6 Å². The van der Waals surface area contributed by atoms with Crippen LogP contribution in [0.5, 0.6) is 0 Å². The Morgan fingerprint density at radius 2 is 2.03 bits per heavy atom. The first-order valence-corrected chi connectivity index (χ1v) is 13.7. The molecule has 0 spiro atoms. The smallest absolute Gasteiger partial charge is 0.408 e. The molecule has 1 amide bonds. The summed E-state index contributed by atoms with van der Waals surface area (Å²) in [4.78, 5) is 19.8. The van der Waals surface area contributed by atoms with Crippen LogP contribution in [0.1, 0.15) is 71.1 Å². The zero-order chi connectivity index (χ0) is 27.8. The van der Waals surface area contributed by atoms with Crippen LogP contribution in [0.4, 0.5) is 10.6 Å². The second-order valence-corrected chi connectivity index (χ2v) is 12.0. The predicted molar refractivity (Wildman–Crippen MR) is 155 cm³/mol. The summed E-state index contributed by atoms with van der Waals surface area (Å²) < 4.78 is 7.83. The lowest BCUT2D eigenvalue weighted by molar-refractivity contribution is 0.0454. The van der Waals surface area contributed by atoms with E-state index in [1.807, 2.05) is 57.4 Å². The molecule has 1 aliphatic carbocycles. The number of allylic oxidation sites excluding steroid dienone is 4. The molecule has 39 heavy (non-hydrogen) atoms. The maximum Gasteiger partial charge on any atom is 0.408 e. The van der Waals surface area contributed by atoms with Crippen LogP contribution in [0, 0.1) is 11.3 Å². The third kappa shape index (κ3) is 5.70. The van der Waals surface area contributed by atoms with E-state index < -0.39 is 17.2 Å². The van der Waals surface area contributed by atoms with Crippen LogP contribution in [-0.2, 0) is 4.74 Å². The Bertz CT molecular complexity index is 1490. The summed E-state index contributed by atoms with van der Waals surface area (Å²) in [6.07, 6.45) is 13.0. The van der Waals surface area contributed by atoms with Gasteiger partial charge in [-0.15, -0.1) is 0 Å². The number of nitriles is 1. The topological polar surface area (TPSA) is 82.7 Å². The summed E-state index contributed by atoms with van der Waals surface area (Å²) in [6.45, 7) is 11.3. The first kappa shape index (κ1) is 26.6. The van der Waals surface area contributed by atoms with E-state index in [0.29, 0.717) is 12.1 Å². The standard InChI is InChI=1S/C32H37N5O2/c1-22-7-11-25(12-8-22)28-26(24-13-9-23(20-33)10-14-24)19-27-29(34-16-18-37(27)28)36-17-6-15-32(5,21-36)35-30(38)39-31(2,3)4/h7-11,13-14,16,18-19,25H,6,12,15,17,21H2,1-5H3,(H,35,38)/t25?,32-/m0/s1. The van der Waals surface area contributed by atoms with Crippen LogP contribution in [0.15, 0.2) is 66.5 Å². The lowest BCUT2D eigenvalue weighted by Crippen LogP contribution is -2.57. The fourth-order valence-electron chi connectivity index (χ4n) is 5.69. The number of rotatable bonds is 4. The molecular weight excluding hydrogens is 486 g/mol. The normalized spacial score (nSPS) is 21.4. The molecule has 2 aromatic heterocycles. The van der Waals surface area contributed by atoms with Gasteiger partial charge in [0.1, 0.15) is 5.60 Å². The van der Waals surface area contributed by atoms with Crippen molar-refractivity contribution in [2.24, 2.45) is 0 Å². The number of hydrogen-bond donors (Lipinski definition) is 1. The van der Waals surface area contributed by atoms with Gasteiger partial charge in [0, 0.05) is 42.7 Å². The quantitative estimate of drug-likeness (QED) is 0.409. The number of fused-ring (bicyclic) bond motifs is 1. The van der Waals surface area contributed by atoms with Gasteiger partial charge in [-0.1, -0.05) is 35.9 Å². The van der Waals surface area contributed by atoms with E-state index in [9.17, 15) is 10.1 Å². The van der Waals surface area contributed by atoms with Crippen molar-refractivity contribution in [2.45, 2.75) is 70.9 Å². The van der Waals surface area contributed by atoms with Crippen molar-refractivity contribution in [3.8, 4) is 17.2 Å². The first-order chi connectivity index (χ1) is 18.5. The second-order valence-electron chi connectivity index (χ2n) is 12.0. The van der Waals surface area contributed by atoms with Gasteiger partial charge in [0.2, 0.25) is 0 Å². The fraction of sp³-hybridized carbons (Fsp3) is 0.406. The maximum atomic E-state index is 12.6. The van der Waals surface area contributed by atoms with Gasteiger partial charge in [-0.25, -0.2) is 9.78 Å². The van der Waals surface area contributed by atoms with Gasteiger partial charge in [-0.05, 0) is 77.6 Å². The lowest BCUT2D eigenvalue weighted by Gasteiger charge is -2.41. The summed E-state index contributed by atoms with van der Waals surface area (Å²) in [7, 11) is 0. The summed E-state index contributed by atoms with van der Waals surface area (Å²) >= 11 is 0. The highest BCUT2D eigenvalue weighted by Crippen LogP contribution is 2.39. The van der Waals surface area contributed by atoms with E-state index in [0.717, 1.165) is 48.3 Å². The second kappa shape index (κ2) is 10.3. The van der Waals surface area contributed by atoms with Crippen LogP contribution in [0.3, 0.4) is 0 Å². The van der Waals surface area contributed by atoms with Gasteiger partial charge >= 0.3 is 6.09 Å². The highest BCUT2D eigenvalue weighted by molar-refractivity contribution is 5.82. The number of benzene rings is 1. The SMILES string of the molecule is CC1=CCC(c2c(-c3ccc(C#N)cc3)cc3c(N4CCC[C@](C)(NC(=O)OC(C)(C)C)C4)nccn23)C=C1. The van der Waals surface area contributed by atoms with E-state index in [-0.39, 0.29) is 5.92 Å². The molecule has 1 aromatic carbocycles. The molecule has 5 rings (SSSR count). The van der Waals surface area contributed by atoms with E-state index in [1.165, 1.54) is 11.3 Å². The highest BCUT2D eigenvalue weighted by Gasteiger charge is 2.35. The number of piperidine rings is 1. The summed E-state index contributed by atoms with van der Waals surface area (Å²) in [5.74, 6) is 1.12. The minimum absolute atomic E-state index is 0.220. The Kier molecular flexibility index (Phi) is 6.98. The number of ether oxygens (including phenoxy) is 1. The highest BCUT2D eigenvalue weighted by atomic mass is 16.6. The van der Waals surface area contributed by atoms with E-state index in [4.69, 9.17) is 9.72 Å². The molecule has 1 fully saturated rings. The zero-order valence-electron chi connectivity index (χ0n) is 23.5. The van der Waals surface area contributed by atoms with E-state index in [2.05, 4.69) is 58.8 Å². The molecule has 0 bridgehead atoms. The number of nitrogens with zero attached hydrogens (tertiary/aromatic N) is 4. The zero-order valence-corrected chi connectivity index (χ0v) is 23.5. The van der Waals surface area contributed by atoms with Gasteiger partial charge in [0.05, 0.1) is 22.7 Å². The molecule has 1 aliphatic heterocycles. The van der Waals surface area contributed by atoms with Crippen molar-refractivity contribution < 1.29 is 9.53 Å². The molecule has 2 aliphatic rings. The van der Waals surface area contributed by atoms with Crippen LogP contribution in [-0.4, -0.2) is 39.7 Å². The molecule has 1 unspecified atom stereocenters. The van der Waals surface area contributed by atoms with Crippen molar-refractivity contribution in [3.63, 3.8) is 0 Å². The van der Waals surface area contributed by atoms with Gasteiger partial charge < -0.3 is 19.4 Å². The molecule has 3 heterocycles. The number of hydrogen-bond acceptors (Lipinski definition) is 5. The number of aromatic nitrogens is 2. The molecule has 3 aromatic rings. The minimum Gasteiger partial charge on any atom is -0.444 e. The first-order valence-electron chi connectivity index (χ1n) is 13.7. The number of amides is 1. The van der Waals surface area contributed by atoms with E-state index in [1.54, 1.807) is 0 Å². The van der Waals surface area contributed by atoms with Crippen molar-refractivity contribution in [3.05, 3.63) is 77.8 Å². The number of carbonyl (C=O) groups excluding carboxylic acids is 1. The number of alkyl carbamates (subject to hydrolysis) is 1. The summed E-state index contributed by atoms with van der Waals surface area (Å²) in [5.41, 5.74) is 5.41. The van der Waals surface area contributed by atoms with Crippen molar-refractivity contribution >= 4 is 17.4 Å². The molecule has 7 heteroatoms. The molecule has 0 radical (unpaired) electrons. The van der Waals surface area contributed by atoms with Gasteiger partial charge in [-0.3, -0.25) is 0 Å². The summed E-state index contributed by atoms with van der Waals surface area (Å²) in [6, 6.07) is 12.3. The lowest BCUT2D eigenvalue weighted by atomic mass is 9.90.